The van der Waals surface area contributed by atoms with Crippen molar-refractivity contribution in [2.24, 2.45) is 7.05 Å². The number of nitrogens with zero attached hydrogens (tertiary/aromatic N) is 2. The first-order valence-corrected chi connectivity index (χ1v) is 8.92. The Balaban J connectivity index is 2.02. The molecule has 9 heteroatoms. The molecule has 2 N–H and O–H groups in total. The molecule has 1 aromatic heterocycles. The van der Waals surface area contributed by atoms with Crippen LogP contribution in [-0.2, 0) is 21.8 Å². The van der Waals surface area contributed by atoms with E-state index in [-0.39, 0.29) is 24.7 Å². The number of aryl methyl sites for hydroxylation is 1. The van der Waals surface area contributed by atoms with Gasteiger partial charge in [-0.3, -0.25) is 4.68 Å². The highest BCUT2D eigenvalue weighted by molar-refractivity contribution is 7.99. The third-order valence-electron chi connectivity index (χ3n) is 3.14. The number of hydrogen-bond donors (Lipinski definition) is 2. The van der Waals surface area contributed by atoms with Gasteiger partial charge in [0.25, 0.3) is 0 Å². The average molecular weight is 321 g/mol. The smallest absolute Gasteiger partial charge is 0.243 e. The fraction of sp³-hybridized carbons (Fsp3) is 0.727. The van der Waals surface area contributed by atoms with Gasteiger partial charge in [-0.15, -0.1) is 0 Å². The third kappa shape index (κ3) is 3.73. The standard InChI is InChI=1S/C11H19N3O4S2/c1-14-7-10(6-12-14)20(16,17)13-8-11(18-4-3-15)2-5-19-9-11/h6-7,13,15H,2-5,8-9H2,1H3. The summed E-state index contributed by atoms with van der Waals surface area (Å²) in [4.78, 5) is 0.142. The highest BCUT2D eigenvalue weighted by Gasteiger charge is 2.36. The number of thioether (sulfide) groups is 1. The van der Waals surface area contributed by atoms with E-state index < -0.39 is 15.6 Å². The van der Waals surface area contributed by atoms with Gasteiger partial charge >= 0.3 is 0 Å². The van der Waals surface area contributed by atoms with Crippen molar-refractivity contribution in [1.29, 1.82) is 0 Å². The molecule has 0 spiro atoms. The quantitative estimate of drug-likeness (QED) is 0.709. The van der Waals surface area contributed by atoms with E-state index in [0.717, 1.165) is 17.9 Å². The maximum absolute atomic E-state index is 12.1. The largest absolute Gasteiger partial charge is 0.394 e. The minimum Gasteiger partial charge on any atom is -0.394 e. The van der Waals surface area contributed by atoms with Gasteiger partial charge < -0.3 is 9.84 Å². The lowest BCUT2D eigenvalue weighted by Gasteiger charge is -2.28. The summed E-state index contributed by atoms with van der Waals surface area (Å²) < 4.78 is 34.0. The van der Waals surface area contributed by atoms with Crippen LogP contribution in [0.25, 0.3) is 0 Å². The summed E-state index contributed by atoms with van der Waals surface area (Å²) in [6, 6.07) is 0. The van der Waals surface area contributed by atoms with Gasteiger partial charge in [0.2, 0.25) is 10.0 Å². The average Bonchev–Trinajstić information content (AvgIpc) is 3.04. The Kier molecular flexibility index (Phi) is 5.08. The van der Waals surface area contributed by atoms with Gasteiger partial charge in [0, 0.05) is 25.5 Å². The molecule has 2 heterocycles. The highest BCUT2D eigenvalue weighted by atomic mass is 32.2. The molecular weight excluding hydrogens is 302 g/mol. The summed E-state index contributed by atoms with van der Waals surface area (Å²) in [5, 5.41) is 12.7. The Morgan fingerprint density at radius 2 is 2.45 bits per heavy atom. The molecule has 1 unspecified atom stereocenters. The van der Waals surface area contributed by atoms with E-state index in [0.29, 0.717) is 0 Å². The van der Waals surface area contributed by atoms with Crippen LogP contribution in [0.2, 0.25) is 0 Å². The summed E-state index contributed by atoms with van der Waals surface area (Å²) in [6.07, 6.45) is 3.53. The lowest BCUT2D eigenvalue weighted by atomic mass is 10.0. The molecule has 1 atom stereocenters. The van der Waals surface area contributed by atoms with Crippen LogP contribution in [-0.4, -0.2) is 60.2 Å². The number of ether oxygens (including phenoxy) is 1. The van der Waals surface area contributed by atoms with Gasteiger partial charge in [0.1, 0.15) is 4.90 Å². The van der Waals surface area contributed by atoms with Gasteiger partial charge in [-0.1, -0.05) is 0 Å². The van der Waals surface area contributed by atoms with Gasteiger partial charge in [-0.05, 0) is 12.2 Å². The molecule has 0 radical (unpaired) electrons. The molecule has 7 nitrogen and oxygen atoms in total. The van der Waals surface area contributed by atoms with Gasteiger partial charge in [0.15, 0.2) is 0 Å². The van der Waals surface area contributed by atoms with Gasteiger partial charge in [-0.25, -0.2) is 13.1 Å². The number of hydrogen-bond acceptors (Lipinski definition) is 6. The van der Waals surface area contributed by atoms with Crippen molar-refractivity contribution in [2.75, 3.05) is 31.3 Å². The second-order valence-corrected chi connectivity index (χ2v) is 7.60. The van der Waals surface area contributed by atoms with Gasteiger partial charge in [-0.2, -0.15) is 16.9 Å². The lowest BCUT2D eigenvalue weighted by molar-refractivity contribution is -0.0358. The van der Waals surface area contributed by atoms with Crippen LogP contribution in [0.5, 0.6) is 0 Å². The second kappa shape index (κ2) is 6.44. The maximum atomic E-state index is 12.1. The fourth-order valence-corrected chi connectivity index (χ4v) is 4.46. The zero-order valence-corrected chi connectivity index (χ0v) is 12.9. The Morgan fingerprint density at radius 3 is 3.00 bits per heavy atom. The van der Waals surface area contributed by atoms with Crippen molar-refractivity contribution >= 4 is 21.8 Å². The van der Waals surface area contributed by atoms with Crippen molar-refractivity contribution in [3.63, 3.8) is 0 Å². The molecule has 0 bridgehead atoms. The molecule has 1 aliphatic rings. The van der Waals surface area contributed by atoms with Crippen LogP contribution in [0.15, 0.2) is 17.3 Å². The van der Waals surface area contributed by atoms with Crippen LogP contribution >= 0.6 is 11.8 Å². The van der Waals surface area contributed by atoms with Crippen molar-refractivity contribution in [3.8, 4) is 0 Å². The molecule has 0 saturated carbocycles. The normalized spacial score (nSPS) is 23.3. The first kappa shape index (κ1) is 15.8. The summed E-state index contributed by atoms with van der Waals surface area (Å²) in [6.45, 7) is 0.355. The van der Waals surface area contributed by atoms with Crippen molar-refractivity contribution in [1.82, 2.24) is 14.5 Å². The second-order valence-electron chi connectivity index (χ2n) is 4.73. The molecule has 1 aromatic rings. The molecule has 1 saturated heterocycles. The number of aliphatic hydroxyl groups is 1. The van der Waals surface area contributed by atoms with Crippen molar-refractivity contribution < 1.29 is 18.3 Å². The molecule has 1 aliphatic heterocycles. The summed E-state index contributed by atoms with van der Waals surface area (Å²) >= 11 is 1.72. The number of aliphatic hydroxyl groups excluding tert-OH is 1. The van der Waals surface area contributed by atoms with E-state index in [1.165, 1.54) is 17.1 Å². The van der Waals surface area contributed by atoms with Crippen molar-refractivity contribution in [2.45, 2.75) is 16.9 Å². The summed E-state index contributed by atoms with van der Waals surface area (Å²) in [5.74, 6) is 1.66. The molecule has 2 rings (SSSR count). The van der Waals surface area contributed by atoms with Gasteiger partial charge in [0.05, 0.1) is 25.0 Å². The van der Waals surface area contributed by atoms with E-state index in [9.17, 15) is 8.42 Å². The van der Waals surface area contributed by atoms with Crippen LogP contribution in [0.4, 0.5) is 0 Å². The predicted octanol–water partition coefficient (Wildman–Crippen LogP) is -0.417. The Morgan fingerprint density at radius 1 is 1.65 bits per heavy atom. The van der Waals surface area contributed by atoms with Crippen LogP contribution in [0.1, 0.15) is 6.42 Å². The van der Waals surface area contributed by atoms with E-state index in [4.69, 9.17) is 9.84 Å². The molecular formula is C11H19N3O4S2. The number of rotatable bonds is 7. The van der Waals surface area contributed by atoms with E-state index in [1.807, 2.05) is 0 Å². The first-order valence-electron chi connectivity index (χ1n) is 6.28. The minimum absolute atomic E-state index is 0.0677. The monoisotopic (exact) mass is 321 g/mol. The molecule has 0 aromatic carbocycles. The summed E-state index contributed by atoms with van der Waals surface area (Å²) in [5.41, 5.74) is -0.525. The van der Waals surface area contributed by atoms with E-state index >= 15 is 0 Å². The number of aromatic nitrogens is 2. The van der Waals surface area contributed by atoms with E-state index in [2.05, 4.69) is 9.82 Å². The topological polar surface area (TPSA) is 93.5 Å². The van der Waals surface area contributed by atoms with Crippen LogP contribution < -0.4 is 4.72 Å². The fourth-order valence-electron chi connectivity index (χ4n) is 2.00. The Labute approximate surface area is 122 Å². The maximum Gasteiger partial charge on any atom is 0.243 e. The predicted molar refractivity (Wildman–Crippen MR) is 76.1 cm³/mol. The molecule has 20 heavy (non-hydrogen) atoms. The Hall–Kier alpha value is -0.610. The Bertz CT molecular complexity index is 538. The minimum atomic E-state index is -3.58. The molecule has 1 fully saturated rings. The van der Waals surface area contributed by atoms with Crippen LogP contribution in [0, 0.1) is 0 Å². The highest BCUT2D eigenvalue weighted by Crippen LogP contribution is 2.31. The lowest BCUT2D eigenvalue weighted by Crippen LogP contribution is -2.45. The zero-order chi connectivity index (χ0) is 14.6. The molecule has 0 amide bonds. The van der Waals surface area contributed by atoms with Crippen molar-refractivity contribution in [3.05, 3.63) is 12.4 Å². The molecule has 0 aliphatic carbocycles. The summed E-state index contributed by atoms with van der Waals surface area (Å²) in [7, 11) is -1.91. The number of nitrogens with one attached hydrogen (secondary N) is 1. The number of sulfonamides is 1. The SMILES string of the molecule is Cn1cc(S(=O)(=O)NCC2(OCCO)CCSC2)cn1. The third-order valence-corrected chi connectivity index (χ3v) is 5.72. The zero-order valence-electron chi connectivity index (χ0n) is 11.3. The molecule has 114 valence electrons. The first-order chi connectivity index (χ1) is 9.47. The van der Waals surface area contributed by atoms with E-state index in [1.54, 1.807) is 18.8 Å². The van der Waals surface area contributed by atoms with Crippen LogP contribution in [0.3, 0.4) is 0 Å².